The summed E-state index contributed by atoms with van der Waals surface area (Å²) in [5.41, 5.74) is 0.946. The fourth-order valence-electron chi connectivity index (χ4n) is 2.40. The maximum atomic E-state index is 11.6. The lowest BCUT2D eigenvalue weighted by molar-refractivity contribution is -0.489. The van der Waals surface area contributed by atoms with Crippen molar-refractivity contribution in [2.45, 2.75) is 77.9 Å². The summed E-state index contributed by atoms with van der Waals surface area (Å²) in [6.07, 6.45) is 10.3. The molecular weight excluding hydrogens is 238 g/mol. The van der Waals surface area contributed by atoms with E-state index in [-0.39, 0.29) is 6.04 Å². The lowest BCUT2D eigenvalue weighted by Crippen LogP contribution is -2.20. The molecule has 0 saturated carbocycles. The van der Waals surface area contributed by atoms with Crippen molar-refractivity contribution < 1.29 is 9.85 Å². The molecule has 0 saturated heterocycles. The van der Waals surface area contributed by atoms with Crippen LogP contribution in [0.2, 0.25) is 0 Å². The number of aliphatic hydroxyl groups is 1. The number of allylic oxidation sites excluding steroid dienone is 2. The van der Waals surface area contributed by atoms with Crippen molar-refractivity contribution in [3.63, 3.8) is 0 Å². The standard InChI is InChI=1S/C16H29NO2/c1-13(2)17(19)12-15-9-7-14(8-10-15)6-5-11-16(3,4)18/h7,12-13,15,18H,5-6,8-11H2,1-4H3/b17-12-. The SMILES string of the molecule is CC(C)/[N+]([O-])=C/C1CC=C(CCCC(C)(C)O)CC1. The average Bonchev–Trinajstić information content (AvgIpc) is 2.29. The zero-order chi connectivity index (χ0) is 14.5. The molecule has 19 heavy (non-hydrogen) atoms. The Morgan fingerprint density at radius 2 is 2.21 bits per heavy atom. The molecule has 0 aromatic heterocycles. The highest BCUT2D eigenvalue weighted by atomic mass is 16.5. The molecule has 110 valence electrons. The van der Waals surface area contributed by atoms with Crippen molar-refractivity contribution in [1.82, 2.24) is 0 Å². The first-order valence-electron chi connectivity index (χ1n) is 7.48. The Balaban J connectivity index is 2.36. The molecule has 0 heterocycles. The number of hydrogen-bond donors (Lipinski definition) is 1. The van der Waals surface area contributed by atoms with Crippen molar-refractivity contribution in [3.8, 4) is 0 Å². The summed E-state index contributed by atoms with van der Waals surface area (Å²) in [6.45, 7) is 7.57. The van der Waals surface area contributed by atoms with Gasteiger partial charge in [-0.2, -0.15) is 0 Å². The summed E-state index contributed by atoms with van der Waals surface area (Å²) < 4.78 is 1.08. The summed E-state index contributed by atoms with van der Waals surface area (Å²) >= 11 is 0. The second-order valence-corrected chi connectivity index (χ2v) is 6.67. The van der Waals surface area contributed by atoms with Crippen LogP contribution in [0.5, 0.6) is 0 Å². The van der Waals surface area contributed by atoms with Gasteiger partial charge in [0.05, 0.1) is 5.60 Å². The van der Waals surface area contributed by atoms with E-state index in [1.807, 2.05) is 33.9 Å². The first kappa shape index (κ1) is 16.2. The minimum absolute atomic E-state index is 0.0390. The molecule has 1 aliphatic carbocycles. The van der Waals surface area contributed by atoms with Gasteiger partial charge in [0.1, 0.15) is 0 Å². The molecule has 0 amide bonds. The molecule has 0 aromatic carbocycles. The summed E-state index contributed by atoms with van der Waals surface area (Å²) in [5, 5.41) is 21.3. The summed E-state index contributed by atoms with van der Waals surface area (Å²) in [6, 6.07) is 0.0390. The largest absolute Gasteiger partial charge is 0.624 e. The van der Waals surface area contributed by atoms with Crippen LogP contribution in [0, 0.1) is 11.1 Å². The van der Waals surface area contributed by atoms with Gasteiger partial charge in [0.25, 0.3) is 0 Å². The van der Waals surface area contributed by atoms with Crippen LogP contribution in [0.15, 0.2) is 11.6 Å². The van der Waals surface area contributed by atoms with Gasteiger partial charge < -0.3 is 10.3 Å². The predicted molar refractivity (Wildman–Crippen MR) is 80.4 cm³/mol. The highest BCUT2D eigenvalue weighted by Crippen LogP contribution is 2.26. The van der Waals surface area contributed by atoms with Gasteiger partial charge in [-0.25, -0.2) is 4.74 Å². The predicted octanol–water partition coefficient (Wildman–Crippen LogP) is 3.64. The second-order valence-electron chi connectivity index (χ2n) is 6.67. The minimum atomic E-state index is -0.550. The maximum absolute atomic E-state index is 11.6. The van der Waals surface area contributed by atoms with Crippen molar-refractivity contribution >= 4 is 6.21 Å². The van der Waals surface area contributed by atoms with Crippen molar-refractivity contribution in [2.75, 3.05) is 0 Å². The molecule has 0 bridgehead atoms. The highest BCUT2D eigenvalue weighted by Gasteiger charge is 2.17. The monoisotopic (exact) mass is 267 g/mol. The van der Waals surface area contributed by atoms with Gasteiger partial charge in [0.15, 0.2) is 12.3 Å². The third-order valence-electron chi connectivity index (χ3n) is 3.70. The Morgan fingerprint density at radius 1 is 1.53 bits per heavy atom. The van der Waals surface area contributed by atoms with Gasteiger partial charge in [-0.3, -0.25) is 0 Å². The van der Waals surface area contributed by atoms with Crippen LogP contribution >= 0.6 is 0 Å². The zero-order valence-corrected chi connectivity index (χ0v) is 12.9. The number of nitrogens with zero attached hydrogens (tertiary/aromatic N) is 1. The Hall–Kier alpha value is -0.830. The van der Waals surface area contributed by atoms with E-state index in [0.717, 1.165) is 43.3 Å². The number of rotatable bonds is 6. The van der Waals surface area contributed by atoms with E-state index in [0.29, 0.717) is 5.92 Å². The quantitative estimate of drug-likeness (QED) is 0.262. The fraction of sp³-hybridized carbons (Fsp3) is 0.812. The molecule has 1 aliphatic rings. The van der Waals surface area contributed by atoms with Gasteiger partial charge >= 0.3 is 0 Å². The number of hydroxylamine groups is 1. The zero-order valence-electron chi connectivity index (χ0n) is 12.9. The van der Waals surface area contributed by atoms with Crippen LogP contribution in [-0.2, 0) is 0 Å². The van der Waals surface area contributed by atoms with Crippen LogP contribution in [-0.4, -0.2) is 27.7 Å². The van der Waals surface area contributed by atoms with Gasteiger partial charge in [-0.1, -0.05) is 11.6 Å². The van der Waals surface area contributed by atoms with Gasteiger partial charge in [0.2, 0.25) is 0 Å². The molecule has 0 aromatic rings. The van der Waals surface area contributed by atoms with Crippen LogP contribution in [0.1, 0.15) is 66.2 Å². The topological polar surface area (TPSA) is 46.3 Å². The third kappa shape index (κ3) is 6.76. The normalized spacial score (nSPS) is 21.7. The Morgan fingerprint density at radius 3 is 2.68 bits per heavy atom. The van der Waals surface area contributed by atoms with Crippen molar-refractivity contribution in [2.24, 2.45) is 5.92 Å². The Labute approximate surface area is 117 Å². The molecule has 3 nitrogen and oxygen atoms in total. The number of hydrogen-bond acceptors (Lipinski definition) is 2. The van der Waals surface area contributed by atoms with Crippen LogP contribution in [0.4, 0.5) is 0 Å². The smallest absolute Gasteiger partial charge is 0.157 e. The summed E-state index contributed by atoms with van der Waals surface area (Å²) in [4.78, 5) is 0. The lowest BCUT2D eigenvalue weighted by Gasteiger charge is -2.21. The molecule has 1 N–H and O–H groups in total. The second kappa shape index (κ2) is 7.09. The third-order valence-corrected chi connectivity index (χ3v) is 3.70. The van der Waals surface area contributed by atoms with E-state index in [1.165, 1.54) is 5.57 Å². The molecule has 1 rings (SSSR count). The Kier molecular flexibility index (Phi) is 6.05. The summed E-state index contributed by atoms with van der Waals surface area (Å²) in [5.74, 6) is 0.401. The first-order valence-corrected chi connectivity index (χ1v) is 7.48. The average molecular weight is 267 g/mol. The van der Waals surface area contributed by atoms with Crippen molar-refractivity contribution in [1.29, 1.82) is 0 Å². The lowest BCUT2D eigenvalue weighted by atomic mass is 9.87. The molecule has 3 heteroatoms. The molecule has 0 spiro atoms. The van der Waals surface area contributed by atoms with E-state index in [1.54, 1.807) is 0 Å². The van der Waals surface area contributed by atoms with Crippen molar-refractivity contribution in [3.05, 3.63) is 16.9 Å². The van der Waals surface area contributed by atoms with Gasteiger partial charge in [0, 0.05) is 5.92 Å². The van der Waals surface area contributed by atoms with E-state index in [2.05, 4.69) is 6.08 Å². The maximum Gasteiger partial charge on any atom is 0.157 e. The molecule has 0 radical (unpaired) electrons. The van der Waals surface area contributed by atoms with Gasteiger partial charge in [-0.15, -0.1) is 0 Å². The van der Waals surface area contributed by atoms with E-state index < -0.39 is 5.60 Å². The first-order chi connectivity index (χ1) is 8.78. The van der Waals surface area contributed by atoms with Crippen LogP contribution < -0.4 is 0 Å². The van der Waals surface area contributed by atoms with Crippen LogP contribution in [0.25, 0.3) is 0 Å². The van der Waals surface area contributed by atoms with Crippen LogP contribution in [0.3, 0.4) is 0 Å². The van der Waals surface area contributed by atoms with E-state index in [9.17, 15) is 10.3 Å². The summed E-state index contributed by atoms with van der Waals surface area (Å²) in [7, 11) is 0. The van der Waals surface area contributed by atoms with E-state index in [4.69, 9.17) is 0 Å². The fourth-order valence-corrected chi connectivity index (χ4v) is 2.40. The molecule has 0 fully saturated rings. The molecule has 1 atom stereocenters. The molecule has 1 unspecified atom stereocenters. The molecular formula is C16H29NO2. The van der Waals surface area contributed by atoms with Gasteiger partial charge in [-0.05, 0) is 66.2 Å². The highest BCUT2D eigenvalue weighted by molar-refractivity contribution is 5.56. The minimum Gasteiger partial charge on any atom is -0.624 e. The van der Waals surface area contributed by atoms with E-state index >= 15 is 0 Å². The molecule has 0 aliphatic heterocycles. The Bertz CT molecular complexity index is 337.